The molecule has 0 amide bonds. The minimum Gasteiger partial charge on any atom is -0.462 e. The molecule has 0 fully saturated rings. The fourth-order valence-corrected chi connectivity index (χ4v) is 11.9. The molecule has 17 nitrogen and oxygen atoms in total. The SMILES string of the molecule is CCCCCCCCCCCCCCCCCCC(=O)O[C@H](COC(=O)CCCCCCCCCCC(C)CC)COP(=O)(O)OC[C@@H](O)COP(=O)(O)OC[C@@H](COC(=O)CCCCCCCCC(C)C)OC(=O)CCCCCCCCCCC(C)C. The molecule has 0 rings (SSSR count). The smallest absolute Gasteiger partial charge is 0.462 e. The topological polar surface area (TPSA) is 237 Å². The van der Waals surface area contributed by atoms with Crippen LogP contribution in [0.2, 0.25) is 0 Å². The molecule has 0 saturated heterocycles. The van der Waals surface area contributed by atoms with Crippen LogP contribution in [0.5, 0.6) is 0 Å². The van der Waals surface area contributed by atoms with E-state index in [0.717, 1.165) is 108 Å². The Balaban J connectivity index is 5.24. The summed E-state index contributed by atoms with van der Waals surface area (Å²) in [6, 6.07) is 0. The van der Waals surface area contributed by atoms with E-state index in [1.54, 1.807) is 0 Å². The third-order valence-electron chi connectivity index (χ3n) is 16.2. The van der Waals surface area contributed by atoms with Gasteiger partial charge in [-0.1, -0.05) is 292 Å². The highest BCUT2D eigenvalue weighted by Crippen LogP contribution is 2.45. The first-order valence-corrected chi connectivity index (χ1v) is 38.9. The van der Waals surface area contributed by atoms with Gasteiger partial charge in [-0.15, -0.1) is 0 Å². The third kappa shape index (κ3) is 61.6. The predicted octanol–water partition coefficient (Wildman–Crippen LogP) is 19.5. The van der Waals surface area contributed by atoms with Gasteiger partial charge in [-0.3, -0.25) is 37.3 Å². The maximum absolute atomic E-state index is 13.0. The van der Waals surface area contributed by atoms with E-state index in [4.69, 9.17) is 37.0 Å². The molecule has 3 N–H and O–H groups in total. The Labute approximate surface area is 537 Å². The van der Waals surface area contributed by atoms with Crippen LogP contribution in [0.3, 0.4) is 0 Å². The number of carbonyl (C=O) groups excluding carboxylic acids is 4. The molecular weight excluding hydrogens is 1160 g/mol. The zero-order chi connectivity index (χ0) is 65.2. The number of ether oxygens (including phenoxy) is 4. The van der Waals surface area contributed by atoms with Crippen LogP contribution in [0, 0.1) is 17.8 Å². The quantitative estimate of drug-likeness (QED) is 0.0222. The summed E-state index contributed by atoms with van der Waals surface area (Å²) in [4.78, 5) is 72.4. The van der Waals surface area contributed by atoms with Crippen molar-refractivity contribution in [1.82, 2.24) is 0 Å². The van der Waals surface area contributed by atoms with E-state index in [1.807, 2.05) is 0 Å². The summed E-state index contributed by atoms with van der Waals surface area (Å²) in [6.07, 6.45) is 43.2. The molecule has 0 aromatic rings. The first kappa shape index (κ1) is 86.1. The molecule has 522 valence electrons. The van der Waals surface area contributed by atoms with Gasteiger partial charge in [0.2, 0.25) is 0 Å². The number of hydrogen-bond donors (Lipinski definition) is 3. The van der Waals surface area contributed by atoms with Crippen molar-refractivity contribution >= 4 is 39.5 Å². The summed E-state index contributed by atoms with van der Waals surface area (Å²) in [5, 5.41) is 10.6. The summed E-state index contributed by atoms with van der Waals surface area (Å²) >= 11 is 0. The number of rotatable bonds is 67. The molecule has 0 heterocycles. The molecule has 0 aromatic heterocycles. The van der Waals surface area contributed by atoms with Crippen LogP contribution in [0.25, 0.3) is 0 Å². The van der Waals surface area contributed by atoms with Crippen LogP contribution in [0.4, 0.5) is 0 Å². The zero-order valence-electron chi connectivity index (χ0n) is 57.2. The van der Waals surface area contributed by atoms with Crippen LogP contribution in [-0.2, 0) is 65.4 Å². The lowest BCUT2D eigenvalue weighted by atomic mass is 9.99. The number of phosphoric ester groups is 2. The summed E-state index contributed by atoms with van der Waals surface area (Å²) in [5.74, 6) is 0.0442. The molecule has 0 aromatic carbocycles. The van der Waals surface area contributed by atoms with Crippen molar-refractivity contribution in [3.05, 3.63) is 0 Å². The highest BCUT2D eigenvalue weighted by Gasteiger charge is 2.30. The summed E-state index contributed by atoms with van der Waals surface area (Å²) in [6.45, 7) is 11.7. The molecule has 0 aliphatic carbocycles. The fourth-order valence-electron chi connectivity index (χ4n) is 10.3. The average molecular weight is 1300 g/mol. The molecule has 0 spiro atoms. The Kier molecular flexibility index (Phi) is 58.7. The van der Waals surface area contributed by atoms with E-state index in [0.29, 0.717) is 31.6 Å². The number of aliphatic hydroxyl groups is 1. The van der Waals surface area contributed by atoms with Crippen LogP contribution < -0.4 is 0 Å². The Morgan fingerprint density at radius 3 is 0.864 bits per heavy atom. The minimum atomic E-state index is -4.95. The van der Waals surface area contributed by atoms with E-state index in [1.165, 1.54) is 148 Å². The molecule has 6 atom stereocenters. The Bertz CT molecular complexity index is 1730. The lowest BCUT2D eigenvalue weighted by Gasteiger charge is -2.21. The van der Waals surface area contributed by atoms with Gasteiger partial charge in [0.1, 0.15) is 19.3 Å². The molecule has 19 heteroatoms. The molecule has 0 radical (unpaired) electrons. The third-order valence-corrected chi connectivity index (χ3v) is 18.1. The zero-order valence-corrected chi connectivity index (χ0v) is 59.0. The van der Waals surface area contributed by atoms with E-state index in [9.17, 15) is 43.2 Å². The molecule has 0 saturated carbocycles. The second-order valence-electron chi connectivity index (χ2n) is 26.1. The van der Waals surface area contributed by atoms with Crippen molar-refractivity contribution in [3.63, 3.8) is 0 Å². The van der Waals surface area contributed by atoms with Crippen LogP contribution in [0.15, 0.2) is 0 Å². The van der Waals surface area contributed by atoms with Crippen LogP contribution >= 0.6 is 15.6 Å². The standard InChI is InChI=1S/C69H134O17P2/c1-8-10-11-12-13-14-15-16-17-18-19-20-21-29-38-45-52-68(73)85-64(56-79-66(71)50-43-36-28-25-23-27-35-42-49-62(7)9-2)58-83-87(75,76)81-54-63(70)55-82-88(77,78)84-59-65(57-80-67(72)51-44-37-32-31-34-41-48-61(5)6)86-69(74)53-46-39-30-24-22-26-33-40-47-60(3)4/h60-65,70H,8-59H2,1-7H3,(H,75,76)(H,77,78)/t62?,63-,64-,65-/m1/s1. The maximum atomic E-state index is 13.0. The molecule has 0 aliphatic rings. The van der Waals surface area contributed by atoms with Gasteiger partial charge < -0.3 is 33.8 Å². The van der Waals surface area contributed by atoms with Crippen molar-refractivity contribution in [1.29, 1.82) is 0 Å². The van der Waals surface area contributed by atoms with Crippen molar-refractivity contribution < 1.29 is 80.2 Å². The Hall–Kier alpha value is -1.94. The largest absolute Gasteiger partial charge is 0.472 e. The molecule has 0 aliphatic heterocycles. The fraction of sp³-hybridized carbons (Fsp3) is 0.942. The predicted molar refractivity (Wildman–Crippen MR) is 354 cm³/mol. The summed E-state index contributed by atoms with van der Waals surface area (Å²) < 4.78 is 68.2. The number of aliphatic hydroxyl groups excluding tert-OH is 1. The van der Waals surface area contributed by atoms with Gasteiger partial charge in [0.15, 0.2) is 12.2 Å². The van der Waals surface area contributed by atoms with Gasteiger partial charge in [0, 0.05) is 25.7 Å². The monoisotopic (exact) mass is 1300 g/mol. The molecule has 0 bridgehead atoms. The Morgan fingerprint density at radius 1 is 0.330 bits per heavy atom. The van der Waals surface area contributed by atoms with Crippen LogP contribution in [-0.4, -0.2) is 96.7 Å². The van der Waals surface area contributed by atoms with E-state index in [-0.39, 0.29) is 25.7 Å². The highest BCUT2D eigenvalue weighted by atomic mass is 31.2. The van der Waals surface area contributed by atoms with E-state index in [2.05, 4.69) is 48.5 Å². The van der Waals surface area contributed by atoms with Crippen molar-refractivity contribution in [2.75, 3.05) is 39.6 Å². The van der Waals surface area contributed by atoms with Crippen molar-refractivity contribution in [2.45, 2.75) is 362 Å². The normalized spacial score (nSPS) is 14.5. The first-order chi connectivity index (χ1) is 42.3. The summed E-state index contributed by atoms with van der Waals surface area (Å²) in [7, 11) is -9.90. The molecule has 3 unspecified atom stereocenters. The number of unbranched alkanes of at least 4 members (excludes halogenated alkanes) is 34. The second kappa shape index (κ2) is 60.0. The first-order valence-electron chi connectivity index (χ1n) is 35.9. The van der Waals surface area contributed by atoms with Crippen LogP contribution in [0.1, 0.15) is 344 Å². The Morgan fingerprint density at radius 2 is 0.580 bits per heavy atom. The lowest BCUT2D eigenvalue weighted by Crippen LogP contribution is -2.30. The van der Waals surface area contributed by atoms with Gasteiger partial charge in [0.05, 0.1) is 26.4 Å². The van der Waals surface area contributed by atoms with Crippen molar-refractivity contribution in [2.24, 2.45) is 17.8 Å². The van der Waals surface area contributed by atoms with E-state index >= 15 is 0 Å². The molecule has 88 heavy (non-hydrogen) atoms. The number of carbonyl (C=O) groups is 4. The van der Waals surface area contributed by atoms with Gasteiger partial charge in [-0.25, -0.2) is 9.13 Å². The van der Waals surface area contributed by atoms with Gasteiger partial charge >= 0.3 is 39.5 Å². The van der Waals surface area contributed by atoms with Gasteiger partial charge in [0.25, 0.3) is 0 Å². The average Bonchev–Trinajstić information content (AvgIpc) is 3.54. The van der Waals surface area contributed by atoms with Gasteiger partial charge in [-0.05, 0) is 43.4 Å². The number of esters is 4. The number of phosphoric acid groups is 2. The van der Waals surface area contributed by atoms with Gasteiger partial charge in [-0.2, -0.15) is 0 Å². The minimum absolute atomic E-state index is 0.103. The van der Waals surface area contributed by atoms with E-state index < -0.39 is 97.5 Å². The summed E-state index contributed by atoms with van der Waals surface area (Å²) in [5.41, 5.74) is 0. The highest BCUT2D eigenvalue weighted by molar-refractivity contribution is 7.47. The maximum Gasteiger partial charge on any atom is 0.472 e. The number of hydrogen-bond acceptors (Lipinski definition) is 15. The molecular formula is C69H134O17P2. The lowest BCUT2D eigenvalue weighted by molar-refractivity contribution is -0.161. The van der Waals surface area contributed by atoms with Crippen molar-refractivity contribution in [3.8, 4) is 0 Å². The second-order valence-corrected chi connectivity index (χ2v) is 29.0.